The molecule has 0 radical (unpaired) electrons. The van der Waals surface area contributed by atoms with Gasteiger partial charge in [0.15, 0.2) is 0 Å². The molecule has 0 aliphatic rings. The third-order valence-corrected chi connectivity index (χ3v) is 6.55. The van der Waals surface area contributed by atoms with Crippen LogP contribution in [0.15, 0.2) is 119 Å². The first-order valence-corrected chi connectivity index (χ1v) is 13.0. The predicted octanol–water partition coefficient (Wildman–Crippen LogP) is 3.69. The summed E-state index contributed by atoms with van der Waals surface area (Å²) in [6.45, 7) is 0.264. The lowest BCUT2D eigenvalue weighted by molar-refractivity contribution is -0.120. The molecular weight excluding hydrogens is 504 g/mol. The lowest BCUT2D eigenvalue weighted by Gasteiger charge is -2.14. The van der Waals surface area contributed by atoms with E-state index >= 15 is 0 Å². The zero-order valence-electron chi connectivity index (χ0n) is 21.7. The molecule has 8 heteroatoms. The molecule has 40 heavy (non-hydrogen) atoms. The number of hydrogen-bond acceptors (Lipinski definition) is 4. The summed E-state index contributed by atoms with van der Waals surface area (Å²) in [6, 6.07) is 32.3. The summed E-state index contributed by atoms with van der Waals surface area (Å²) in [5.41, 5.74) is 2.13. The molecule has 0 atom stereocenters. The molecule has 5 rings (SSSR count). The van der Waals surface area contributed by atoms with Gasteiger partial charge in [0.2, 0.25) is 11.8 Å². The van der Waals surface area contributed by atoms with Crippen LogP contribution in [0.2, 0.25) is 0 Å². The highest BCUT2D eigenvalue weighted by Crippen LogP contribution is 2.13. The second-order valence-corrected chi connectivity index (χ2v) is 9.37. The van der Waals surface area contributed by atoms with Gasteiger partial charge in [0.05, 0.1) is 23.0 Å². The lowest BCUT2D eigenvalue weighted by atomic mass is 10.1. The minimum absolute atomic E-state index is 0.113. The van der Waals surface area contributed by atoms with Crippen LogP contribution in [0.4, 0.5) is 5.69 Å². The second-order valence-electron chi connectivity index (χ2n) is 9.37. The van der Waals surface area contributed by atoms with E-state index in [1.165, 1.54) is 4.57 Å². The number of rotatable bonds is 9. The van der Waals surface area contributed by atoms with Gasteiger partial charge >= 0.3 is 5.69 Å². The molecular formula is C32H28N4O4. The summed E-state index contributed by atoms with van der Waals surface area (Å²) in [6.07, 6.45) is 0.914. The first-order chi connectivity index (χ1) is 19.5. The molecule has 0 aliphatic carbocycles. The first kappa shape index (κ1) is 26.4. The van der Waals surface area contributed by atoms with Gasteiger partial charge < -0.3 is 10.6 Å². The zero-order valence-corrected chi connectivity index (χ0v) is 21.7. The van der Waals surface area contributed by atoms with Crippen molar-refractivity contribution in [2.75, 3.05) is 11.9 Å². The number of carbonyl (C=O) groups is 2. The Morgan fingerprint density at radius 3 is 2.05 bits per heavy atom. The zero-order chi connectivity index (χ0) is 27.9. The summed E-state index contributed by atoms with van der Waals surface area (Å²) in [7, 11) is 0. The maximum Gasteiger partial charge on any atom is 0.336 e. The Hall–Kier alpha value is -5.24. The molecule has 0 bridgehead atoms. The number of aromatic nitrogens is 2. The monoisotopic (exact) mass is 532 g/mol. The van der Waals surface area contributed by atoms with Crippen molar-refractivity contribution >= 4 is 28.4 Å². The highest BCUT2D eigenvalue weighted by atomic mass is 16.2. The highest BCUT2D eigenvalue weighted by molar-refractivity contribution is 5.91. The Kier molecular flexibility index (Phi) is 7.97. The Balaban J connectivity index is 1.35. The molecule has 8 nitrogen and oxygen atoms in total. The van der Waals surface area contributed by atoms with Gasteiger partial charge in [-0.15, -0.1) is 0 Å². The van der Waals surface area contributed by atoms with E-state index in [9.17, 15) is 19.2 Å². The van der Waals surface area contributed by atoms with Crippen molar-refractivity contribution in [2.24, 2.45) is 0 Å². The molecule has 1 heterocycles. The summed E-state index contributed by atoms with van der Waals surface area (Å²) in [4.78, 5) is 52.2. The van der Waals surface area contributed by atoms with Gasteiger partial charge in [-0.1, -0.05) is 72.8 Å². The topological polar surface area (TPSA) is 102 Å². The molecule has 0 saturated carbocycles. The van der Waals surface area contributed by atoms with Crippen molar-refractivity contribution in [1.82, 2.24) is 14.5 Å². The summed E-state index contributed by atoms with van der Waals surface area (Å²) < 4.78 is 2.35. The van der Waals surface area contributed by atoms with Crippen LogP contribution in [0.5, 0.6) is 0 Å². The lowest BCUT2D eigenvalue weighted by Crippen LogP contribution is -2.40. The summed E-state index contributed by atoms with van der Waals surface area (Å²) in [5.74, 6) is -0.504. The fraction of sp³-hybridized carbons (Fsp3) is 0.125. The summed E-state index contributed by atoms with van der Waals surface area (Å²) >= 11 is 0. The Morgan fingerprint density at radius 2 is 1.32 bits per heavy atom. The van der Waals surface area contributed by atoms with Crippen molar-refractivity contribution in [3.63, 3.8) is 0 Å². The highest BCUT2D eigenvalue weighted by Gasteiger charge is 2.17. The summed E-state index contributed by atoms with van der Waals surface area (Å²) in [5, 5.41) is 6.02. The smallest absolute Gasteiger partial charge is 0.336 e. The van der Waals surface area contributed by atoms with Crippen LogP contribution in [0.25, 0.3) is 16.6 Å². The molecule has 1 aromatic heterocycles. The molecule has 0 spiro atoms. The van der Waals surface area contributed by atoms with E-state index in [-0.39, 0.29) is 18.9 Å². The third kappa shape index (κ3) is 6.07. The van der Waals surface area contributed by atoms with Gasteiger partial charge in [-0.05, 0) is 53.9 Å². The van der Waals surface area contributed by atoms with Crippen LogP contribution in [0, 0.1) is 0 Å². The van der Waals surface area contributed by atoms with E-state index in [1.54, 1.807) is 72.8 Å². The van der Waals surface area contributed by atoms with Crippen LogP contribution >= 0.6 is 0 Å². The molecule has 0 unspecified atom stereocenters. The number of anilines is 1. The third-order valence-electron chi connectivity index (χ3n) is 6.55. The Labute approximate surface area is 230 Å². The maximum absolute atomic E-state index is 13.6. The van der Waals surface area contributed by atoms with Crippen LogP contribution in [0.1, 0.15) is 11.1 Å². The van der Waals surface area contributed by atoms with Crippen LogP contribution in [0.3, 0.4) is 0 Å². The first-order valence-electron chi connectivity index (χ1n) is 13.0. The number of fused-ring (bicyclic) bond motifs is 1. The fourth-order valence-electron chi connectivity index (χ4n) is 4.57. The van der Waals surface area contributed by atoms with Crippen molar-refractivity contribution in [2.45, 2.75) is 19.4 Å². The van der Waals surface area contributed by atoms with E-state index in [4.69, 9.17) is 0 Å². The van der Waals surface area contributed by atoms with E-state index in [0.717, 1.165) is 22.1 Å². The van der Waals surface area contributed by atoms with Gasteiger partial charge in [0.1, 0.15) is 6.54 Å². The molecule has 0 fully saturated rings. The molecule has 2 N–H and O–H groups in total. The SMILES string of the molecule is O=C(Cc1ccc(-n2c(=O)c3ccccc3n(CC(=O)Nc3ccccc3)c2=O)cc1)NCCc1ccccc1. The fourth-order valence-corrected chi connectivity index (χ4v) is 4.57. The van der Waals surface area contributed by atoms with Crippen LogP contribution in [-0.2, 0) is 29.0 Å². The van der Waals surface area contributed by atoms with Gasteiger partial charge in [0.25, 0.3) is 5.56 Å². The number of hydrogen-bond donors (Lipinski definition) is 2. The second kappa shape index (κ2) is 12.1. The van der Waals surface area contributed by atoms with Gasteiger partial charge in [-0.3, -0.25) is 19.0 Å². The number of carbonyl (C=O) groups excluding carboxylic acids is 2. The van der Waals surface area contributed by atoms with E-state index < -0.39 is 17.2 Å². The minimum Gasteiger partial charge on any atom is -0.355 e. The molecule has 0 aliphatic heterocycles. The maximum atomic E-state index is 13.6. The van der Waals surface area contributed by atoms with Crippen molar-refractivity contribution < 1.29 is 9.59 Å². The van der Waals surface area contributed by atoms with Gasteiger partial charge in [0, 0.05) is 12.2 Å². The van der Waals surface area contributed by atoms with E-state index in [2.05, 4.69) is 10.6 Å². The molecule has 2 amide bonds. The predicted molar refractivity (Wildman–Crippen MR) is 156 cm³/mol. The quantitative estimate of drug-likeness (QED) is 0.302. The van der Waals surface area contributed by atoms with E-state index in [0.29, 0.717) is 28.8 Å². The van der Waals surface area contributed by atoms with Crippen molar-refractivity contribution in [3.05, 3.63) is 141 Å². The number of amides is 2. The van der Waals surface area contributed by atoms with E-state index in [1.807, 2.05) is 36.4 Å². The molecule has 0 saturated heterocycles. The van der Waals surface area contributed by atoms with Crippen LogP contribution in [-0.4, -0.2) is 27.5 Å². The number of benzene rings is 4. The standard InChI is InChI=1S/C32H28N4O4/c37-29(33-20-19-23-9-3-1-4-10-23)21-24-15-17-26(18-16-24)36-31(39)27-13-7-8-14-28(27)35(32(36)40)22-30(38)34-25-11-5-2-6-12-25/h1-18H,19-22H2,(H,33,37)(H,34,38). The number of nitrogens with zero attached hydrogens (tertiary/aromatic N) is 2. The molecule has 4 aromatic carbocycles. The largest absolute Gasteiger partial charge is 0.355 e. The minimum atomic E-state index is -0.627. The number of para-hydroxylation sites is 2. The van der Waals surface area contributed by atoms with Crippen molar-refractivity contribution in [1.29, 1.82) is 0 Å². The van der Waals surface area contributed by atoms with Crippen molar-refractivity contribution in [3.8, 4) is 5.69 Å². The van der Waals surface area contributed by atoms with Gasteiger partial charge in [-0.2, -0.15) is 0 Å². The van der Waals surface area contributed by atoms with Crippen LogP contribution < -0.4 is 21.9 Å². The normalized spacial score (nSPS) is 10.8. The average Bonchev–Trinajstić information content (AvgIpc) is 2.97. The van der Waals surface area contributed by atoms with Gasteiger partial charge in [-0.25, -0.2) is 9.36 Å². The Bertz CT molecular complexity index is 1760. The Morgan fingerprint density at radius 1 is 0.675 bits per heavy atom. The molecule has 5 aromatic rings. The molecule has 200 valence electrons. The number of nitrogens with one attached hydrogen (secondary N) is 2. The average molecular weight is 533 g/mol.